The van der Waals surface area contributed by atoms with Crippen molar-refractivity contribution in [3.63, 3.8) is 0 Å². The molecule has 3 heteroatoms. The van der Waals surface area contributed by atoms with Crippen LogP contribution in [-0.4, -0.2) is 11.1 Å². The molecule has 0 amide bonds. The zero-order valence-electron chi connectivity index (χ0n) is 5.06. The van der Waals surface area contributed by atoms with Gasteiger partial charge in [0.15, 0.2) is 0 Å². The van der Waals surface area contributed by atoms with Gasteiger partial charge in [0.2, 0.25) is 0 Å². The second-order valence-corrected chi connectivity index (χ2v) is 0.747. The first-order valence-electron chi connectivity index (χ1n) is 1.49. The third-order valence-electron chi connectivity index (χ3n) is 0.302. The van der Waals surface area contributed by atoms with Gasteiger partial charge in [0.05, 0.1) is 0 Å². The van der Waals surface area contributed by atoms with Crippen LogP contribution in [0.2, 0.25) is 0 Å². The van der Waals surface area contributed by atoms with Gasteiger partial charge in [-0.2, -0.15) is 0 Å². The largest absolute Gasteiger partial charge is 1.00 e. The van der Waals surface area contributed by atoms with Crippen LogP contribution < -0.4 is 58.2 Å². The quantitative estimate of drug-likeness (QED) is 0.464. The Labute approximate surface area is 87.2 Å². The summed E-state index contributed by atoms with van der Waals surface area (Å²) in [5.41, 5.74) is 0. The van der Waals surface area contributed by atoms with Gasteiger partial charge in [0.1, 0.15) is 0 Å². The zero-order valence-corrected chi connectivity index (χ0v) is 8.98. The molecular formula is C3H7O2Rb. The van der Waals surface area contributed by atoms with Crippen molar-refractivity contribution in [1.29, 1.82) is 0 Å². The molecule has 1 N–H and O–H groups in total. The predicted molar refractivity (Wildman–Crippen MR) is 19.0 cm³/mol. The van der Waals surface area contributed by atoms with Gasteiger partial charge in [0.25, 0.3) is 0 Å². The summed E-state index contributed by atoms with van der Waals surface area (Å²) < 4.78 is 0. The normalized spacial score (nSPS) is 6.17. The molecule has 0 radical (unpaired) electrons. The van der Waals surface area contributed by atoms with Crippen LogP contribution in [0, 0.1) is 0 Å². The van der Waals surface area contributed by atoms with Crippen molar-refractivity contribution in [2.45, 2.75) is 13.3 Å². The minimum Gasteiger partial charge on any atom is -1.00 e. The van der Waals surface area contributed by atoms with Crippen LogP contribution in [0.25, 0.3) is 0 Å². The Morgan fingerprint density at radius 1 is 2.00 bits per heavy atom. The van der Waals surface area contributed by atoms with Crippen molar-refractivity contribution in [3.05, 3.63) is 0 Å². The molecule has 0 rings (SSSR count). The molecule has 0 aromatic rings. The number of hydrogen-bond donors (Lipinski definition) is 1. The summed E-state index contributed by atoms with van der Waals surface area (Å²) in [6.07, 6.45) is 0.222. The number of carboxylic acids is 1. The van der Waals surface area contributed by atoms with Crippen molar-refractivity contribution in [2.24, 2.45) is 0 Å². The fourth-order valence-electron chi connectivity index (χ4n) is 0. The van der Waals surface area contributed by atoms with Gasteiger partial charge in [0, 0.05) is 6.42 Å². The Bertz CT molecular complexity index is 48.2. The fourth-order valence-corrected chi connectivity index (χ4v) is 0. The Balaban J connectivity index is -0.0000000800. The van der Waals surface area contributed by atoms with E-state index in [1.165, 1.54) is 0 Å². The summed E-state index contributed by atoms with van der Waals surface area (Å²) in [6.45, 7) is 1.60. The average molecular weight is 161 g/mol. The Morgan fingerprint density at radius 3 is 2.17 bits per heavy atom. The Kier molecular flexibility index (Phi) is 10.8. The van der Waals surface area contributed by atoms with E-state index in [1.54, 1.807) is 6.92 Å². The molecule has 0 aliphatic rings. The topological polar surface area (TPSA) is 37.3 Å². The van der Waals surface area contributed by atoms with E-state index < -0.39 is 5.97 Å². The monoisotopic (exact) mass is 160 g/mol. The van der Waals surface area contributed by atoms with Crippen molar-refractivity contribution < 1.29 is 69.5 Å². The average Bonchev–Trinajstić information content (AvgIpc) is 1.38. The zero-order chi connectivity index (χ0) is 4.28. The Morgan fingerprint density at radius 2 is 2.17 bits per heavy atom. The molecule has 0 aliphatic carbocycles. The molecule has 0 saturated heterocycles. The van der Waals surface area contributed by atoms with Gasteiger partial charge in [-0.05, 0) is 0 Å². The fraction of sp³-hybridized carbons (Fsp3) is 0.667. The minimum absolute atomic E-state index is 0. The van der Waals surface area contributed by atoms with Crippen LogP contribution in [0.3, 0.4) is 0 Å². The number of carboxylic acid groups (broad SMARTS) is 1. The van der Waals surface area contributed by atoms with E-state index in [4.69, 9.17) is 5.11 Å². The van der Waals surface area contributed by atoms with Crippen LogP contribution in [0.15, 0.2) is 0 Å². The van der Waals surface area contributed by atoms with Crippen molar-refractivity contribution in [3.8, 4) is 0 Å². The molecule has 0 spiro atoms. The van der Waals surface area contributed by atoms with Gasteiger partial charge in [-0.15, -0.1) is 0 Å². The van der Waals surface area contributed by atoms with Crippen LogP contribution >= 0.6 is 0 Å². The van der Waals surface area contributed by atoms with E-state index in [2.05, 4.69) is 0 Å². The summed E-state index contributed by atoms with van der Waals surface area (Å²) in [7, 11) is 0. The maximum Gasteiger partial charge on any atom is 1.00 e. The molecule has 0 saturated carbocycles. The first-order valence-corrected chi connectivity index (χ1v) is 1.49. The number of rotatable bonds is 1. The number of aliphatic carboxylic acids is 1. The maximum atomic E-state index is 9.37. The smallest absolute Gasteiger partial charge is 1.00 e. The van der Waals surface area contributed by atoms with Gasteiger partial charge in [-0.25, -0.2) is 0 Å². The summed E-state index contributed by atoms with van der Waals surface area (Å²) in [6, 6.07) is 0. The van der Waals surface area contributed by atoms with Crippen LogP contribution in [0.4, 0.5) is 0 Å². The molecule has 0 bridgehead atoms. The first-order chi connectivity index (χ1) is 2.27. The molecule has 6 heavy (non-hydrogen) atoms. The second-order valence-electron chi connectivity index (χ2n) is 0.747. The molecule has 0 heterocycles. The Hall–Kier alpha value is 1.28. The van der Waals surface area contributed by atoms with E-state index in [0.29, 0.717) is 0 Å². The summed E-state index contributed by atoms with van der Waals surface area (Å²) in [4.78, 5) is 9.37. The predicted octanol–water partition coefficient (Wildman–Crippen LogP) is -2.40. The third-order valence-corrected chi connectivity index (χ3v) is 0.302. The molecule has 2 nitrogen and oxygen atoms in total. The van der Waals surface area contributed by atoms with E-state index in [1.807, 2.05) is 0 Å². The van der Waals surface area contributed by atoms with Gasteiger partial charge in [-0.3, -0.25) is 4.79 Å². The van der Waals surface area contributed by atoms with Crippen LogP contribution in [0.1, 0.15) is 14.8 Å². The SMILES string of the molecule is CCC(=O)O.[H-].[Rb+]. The molecule has 32 valence electrons. The van der Waals surface area contributed by atoms with Crippen molar-refractivity contribution in [2.75, 3.05) is 0 Å². The molecule has 0 unspecified atom stereocenters. The molecule has 0 aliphatic heterocycles. The summed E-state index contributed by atoms with van der Waals surface area (Å²) in [5, 5.41) is 7.72. The number of carbonyl (C=O) groups is 1. The van der Waals surface area contributed by atoms with Crippen LogP contribution in [-0.2, 0) is 4.79 Å². The van der Waals surface area contributed by atoms with Crippen molar-refractivity contribution >= 4 is 5.97 Å². The van der Waals surface area contributed by atoms with Gasteiger partial charge in [-0.1, -0.05) is 6.92 Å². The minimum atomic E-state index is -0.745. The summed E-state index contributed by atoms with van der Waals surface area (Å²) in [5.74, 6) is -0.745. The molecule has 0 aromatic carbocycles. The molecule has 0 atom stereocenters. The van der Waals surface area contributed by atoms with E-state index in [-0.39, 0.29) is 66.0 Å². The van der Waals surface area contributed by atoms with Crippen LogP contribution in [0.5, 0.6) is 0 Å². The summed E-state index contributed by atoms with van der Waals surface area (Å²) >= 11 is 0. The first kappa shape index (κ1) is 10.3. The standard InChI is InChI=1S/C3H6O2.Rb.H/c1-2-3(4)5;;/h2H2,1H3,(H,4,5);;/q;+1;-1. The molecule has 0 aromatic heterocycles. The van der Waals surface area contributed by atoms with Gasteiger partial charge < -0.3 is 6.53 Å². The number of hydrogen-bond acceptors (Lipinski definition) is 1. The third kappa shape index (κ3) is 8.99. The van der Waals surface area contributed by atoms with E-state index in [0.717, 1.165) is 0 Å². The molecule has 0 fully saturated rings. The van der Waals surface area contributed by atoms with E-state index >= 15 is 0 Å². The van der Waals surface area contributed by atoms with Gasteiger partial charge >= 0.3 is 64.2 Å². The van der Waals surface area contributed by atoms with Crippen molar-refractivity contribution in [1.82, 2.24) is 0 Å². The molecular weight excluding hydrogens is 153 g/mol. The second kappa shape index (κ2) is 6.28. The van der Waals surface area contributed by atoms with E-state index in [9.17, 15) is 4.79 Å². The maximum absolute atomic E-state index is 9.37.